The highest BCUT2D eigenvalue weighted by Crippen LogP contribution is 2.29. The number of aryl methyl sites for hydroxylation is 1. The summed E-state index contributed by atoms with van der Waals surface area (Å²) in [6.45, 7) is 3.91. The molecule has 2 aromatic heterocycles. The van der Waals surface area contributed by atoms with Crippen molar-refractivity contribution < 1.29 is 23.5 Å². The van der Waals surface area contributed by atoms with E-state index in [0.717, 1.165) is 12.1 Å². The number of anilines is 2. The smallest absolute Gasteiger partial charge is 0.306 e. The van der Waals surface area contributed by atoms with Gasteiger partial charge in [0.25, 0.3) is 5.91 Å². The number of hydrogen-bond acceptors (Lipinski definition) is 7. The fourth-order valence-corrected chi connectivity index (χ4v) is 3.80. The number of ether oxygens (including phenoxy) is 1. The van der Waals surface area contributed by atoms with Crippen molar-refractivity contribution in [2.75, 3.05) is 11.4 Å². The Bertz CT molecular complexity index is 1040. The monoisotopic (exact) mass is 455 g/mol. The molecule has 0 aliphatic rings. The Morgan fingerprint density at radius 2 is 1.97 bits per heavy atom. The minimum Gasteiger partial charge on any atom is -0.459 e. The van der Waals surface area contributed by atoms with Gasteiger partial charge in [0.1, 0.15) is 6.61 Å². The van der Waals surface area contributed by atoms with E-state index in [2.05, 4.69) is 17.2 Å². The van der Waals surface area contributed by atoms with E-state index < -0.39 is 0 Å². The standard InChI is InChI=1S/C23H25N3O5S/c1-3-17-8-10-19(11-9-17)26(16(2)27)23-25-18(15-32-23)14-31-21(28)7-4-12-24-22(29)20-6-5-13-30-20/h5-6,8-11,13,15H,3-4,7,12,14H2,1-2H3,(H,24,29). The predicted molar refractivity (Wildman–Crippen MR) is 121 cm³/mol. The lowest BCUT2D eigenvalue weighted by atomic mass is 10.1. The van der Waals surface area contributed by atoms with Gasteiger partial charge < -0.3 is 14.5 Å². The van der Waals surface area contributed by atoms with Crippen molar-refractivity contribution in [3.63, 3.8) is 0 Å². The molecule has 3 rings (SSSR count). The van der Waals surface area contributed by atoms with Crippen LogP contribution in [0.4, 0.5) is 10.8 Å². The van der Waals surface area contributed by atoms with Crippen LogP contribution in [0.5, 0.6) is 0 Å². The zero-order valence-electron chi connectivity index (χ0n) is 18.0. The second-order valence-electron chi connectivity index (χ2n) is 6.99. The van der Waals surface area contributed by atoms with Crippen LogP contribution in [0.15, 0.2) is 52.5 Å². The zero-order valence-corrected chi connectivity index (χ0v) is 18.8. The number of hydrogen-bond donors (Lipinski definition) is 1. The molecule has 3 aromatic rings. The number of esters is 1. The fourth-order valence-electron chi connectivity index (χ4n) is 2.93. The Kier molecular flexibility index (Phi) is 8.15. The molecule has 0 aliphatic carbocycles. The Balaban J connectivity index is 1.46. The summed E-state index contributed by atoms with van der Waals surface area (Å²) in [4.78, 5) is 41.9. The largest absolute Gasteiger partial charge is 0.459 e. The summed E-state index contributed by atoms with van der Waals surface area (Å²) >= 11 is 1.31. The molecule has 1 aromatic carbocycles. The summed E-state index contributed by atoms with van der Waals surface area (Å²) in [7, 11) is 0. The summed E-state index contributed by atoms with van der Waals surface area (Å²) in [5.41, 5.74) is 2.50. The van der Waals surface area contributed by atoms with Gasteiger partial charge in [-0.25, -0.2) is 4.98 Å². The van der Waals surface area contributed by atoms with Crippen molar-refractivity contribution in [3.8, 4) is 0 Å². The number of aromatic nitrogens is 1. The number of amides is 2. The molecule has 8 nitrogen and oxygen atoms in total. The van der Waals surface area contributed by atoms with E-state index in [1.54, 1.807) is 17.5 Å². The molecular weight excluding hydrogens is 430 g/mol. The highest BCUT2D eigenvalue weighted by atomic mass is 32.1. The Morgan fingerprint density at radius 3 is 2.62 bits per heavy atom. The van der Waals surface area contributed by atoms with Crippen LogP contribution >= 0.6 is 11.3 Å². The first-order chi connectivity index (χ1) is 15.5. The lowest BCUT2D eigenvalue weighted by molar-refractivity contribution is -0.145. The van der Waals surface area contributed by atoms with E-state index >= 15 is 0 Å². The van der Waals surface area contributed by atoms with E-state index in [-0.39, 0.29) is 36.6 Å². The zero-order chi connectivity index (χ0) is 22.9. The van der Waals surface area contributed by atoms with Gasteiger partial charge in [-0.2, -0.15) is 0 Å². The fraction of sp³-hybridized carbons (Fsp3) is 0.304. The summed E-state index contributed by atoms with van der Waals surface area (Å²) in [5, 5.41) is 4.96. The number of carbonyl (C=O) groups is 3. The first-order valence-electron chi connectivity index (χ1n) is 10.3. The van der Waals surface area contributed by atoms with Gasteiger partial charge in [-0.1, -0.05) is 19.1 Å². The molecule has 0 saturated carbocycles. The van der Waals surface area contributed by atoms with Crippen LogP contribution in [0.25, 0.3) is 0 Å². The van der Waals surface area contributed by atoms with Crippen molar-refractivity contribution in [1.29, 1.82) is 0 Å². The Labute approximate surface area is 190 Å². The van der Waals surface area contributed by atoms with Crippen LogP contribution in [0.1, 0.15) is 48.5 Å². The van der Waals surface area contributed by atoms with Gasteiger partial charge in [-0.05, 0) is 42.7 Å². The number of thiazole rings is 1. The van der Waals surface area contributed by atoms with E-state index in [0.29, 0.717) is 23.8 Å². The average molecular weight is 456 g/mol. The lowest BCUT2D eigenvalue weighted by Gasteiger charge is -2.18. The minimum atomic E-state index is -0.384. The number of furan rings is 1. The third-order valence-electron chi connectivity index (χ3n) is 4.62. The van der Waals surface area contributed by atoms with E-state index in [1.807, 2.05) is 24.3 Å². The first-order valence-corrected chi connectivity index (χ1v) is 11.2. The first kappa shape index (κ1) is 23.2. The number of nitrogens with zero attached hydrogens (tertiary/aromatic N) is 2. The van der Waals surface area contributed by atoms with Crippen LogP contribution in [0.3, 0.4) is 0 Å². The summed E-state index contributed by atoms with van der Waals surface area (Å²) in [6, 6.07) is 11.0. The van der Waals surface area contributed by atoms with Crippen molar-refractivity contribution >= 4 is 39.9 Å². The number of benzene rings is 1. The van der Waals surface area contributed by atoms with Crippen LogP contribution in [0.2, 0.25) is 0 Å². The summed E-state index contributed by atoms with van der Waals surface area (Å²) in [6.07, 6.45) is 2.95. The van der Waals surface area contributed by atoms with Gasteiger partial charge in [-0.3, -0.25) is 19.3 Å². The van der Waals surface area contributed by atoms with Gasteiger partial charge >= 0.3 is 5.97 Å². The molecule has 0 atom stereocenters. The minimum absolute atomic E-state index is 0.0224. The molecule has 0 radical (unpaired) electrons. The van der Waals surface area contributed by atoms with Gasteiger partial charge in [0.2, 0.25) is 5.91 Å². The molecule has 9 heteroatoms. The Morgan fingerprint density at radius 1 is 1.19 bits per heavy atom. The number of nitrogens with one attached hydrogen (secondary N) is 1. The van der Waals surface area contributed by atoms with Crippen LogP contribution in [-0.4, -0.2) is 29.3 Å². The van der Waals surface area contributed by atoms with Crippen molar-refractivity contribution in [3.05, 3.63) is 65.1 Å². The van der Waals surface area contributed by atoms with Crippen LogP contribution in [-0.2, 0) is 27.4 Å². The molecule has 1 N–H and O–H groups in total. The molecule has 0 fully saturated rings. The summed E-state index contributed by atoms with van der Waals surface area (Å²) in [5.74, 6) is -0.625. The normalized spacial score (nSPS) is 10.6. The van der Waals surface area contributed by atoms with Crippen molar-refractivity contribution in [1.82, 2.24) is 10.3 Å². The SMILES string of the molecule is CCc1ccc(N(C(C)=O)c2nc(COC(=O)CCCNC(=O)c3ccco3)cs2)cc1. The second kappa shape index (κ2) is 11.2. The molecule has 0 spiro atoms. The third kappa shape index (κ3) is 6.27. The molecule has 2 heterocycles. The average Bonchev–Trinajstić information content (AvgIpc) is 3.48. The highest BCUT2D eigenvalue weighted by Gasteiger charge is 2.18. The Hall–Kier alpha value is -3.46. The number of carbonyl (C=O) groups excluding carboxylic acids is 3. The highest BCUT2D eigenvalue weighted by molar-refractivity contribution is 7.14. The maximum atomic E-state index is 12.2. The van der Waals surface area contributed by atoms with Crippen molar-refractivity contribution in [2.24, 2.45) is 0 Å². The quantitative estimate of drug-likeness (QED) is 0.362. The van der Waals surface area contributed by atoms with Crippen molar-refractivity contribution in [2.45, 2.75) is 39.7 Å². The maximum Gasteiger partial charge on any atom is 0.306 e. The van der Waals surface area contributed by atoms with Gasteiger partial charge in [0.05, 0.1) is 17.6 Å². The van der Waals surface area contributed by atoms with E-state index in [1.165, 1.54) is 35.0 Å². The predicted octanol–water partition coefficient (Wildman–Crippen LogP) is 4.24. The van der Waals surface area contributed by atoms with Gasteiger partial charge in [0.15, 0.2) is 10.9 Å². The van der Waals surface area contributed by atoms with E-state index in [9.17, 15) is 14.4 Å². The van der Waals surface area contributed by atoms with E-state index in [4.69, 9.17) is 9.15 Å². The molecule has 32 heavy (non-hydrogen) atoms. The molecule has 0 aliphatic heterocycles. The molecular formula is C23H25N3O5S. The third-order valence-corrected chi connectivity index (χ3v) is 5.49. The molecule has 0 bridgehead atoms. The molecule has 2 amide bonds. The molecule has 168 valence electrons. The topological polar surface area (TPSA) is 102 Å². The maximum absolute atomic E-state index is 12.2. The van der Waals surface area contributed by atoms with Gasteiger partial charge in [0, 0.05) is 25.3 Å². The summed E-state index contributed by atoms with van der Waals surface area (Å²) < 4.78 is 10.3. The van der Waals surface area contributed by atoms with Crippen LogP contribution in [0, 0.1) is 0 Å². The van der Waals surface area contributed by atoms with Crippen LogP contribution < -0.4 is 10.2 Å². The second-order valence-corrected chi connectivity index (χ2v) is 7.83. The lowest BCUT2D eigenvalue weighted by Crippen LogP contribution is -2.24. The number of rotatable bonds is 10. The van der Waals surface area contributed by atoms with Gasteiger partial charge in [-0.15, -0.1) is 11.3 Å². The molecule has 0 saturated heterocycles. The molecule has 0 unspecified atom stereocenters.